The Balaban J connectivity index is 2.27. The first-order chi connectivity index (χ1) is 10.3. The van der Waals surface area contributed by atoms with Crippen molar-refractivity contribution in [1.82, 2.24) is 0 Å². The van der Waals surface area contributed by atoms with E-state index < -0.39 is 12.5 Å². The van der Waals surface area contributed by atoms with Crippen molar-refractivity contribution in [3.05, 3.63) is 23.8 Å². The second kappa shape index (κ2) is 5.64. The molecular weight excluding hydrogens is 289 g/mol. The summed E-state index contributed by atoms with van der Waals surface area (Å²) in [6.45, 7) is 15.8. The Kier molecular flexibility index (Phi) is 4.42. The highest BCUT2D eigenvalue weighted by atomic mass is 16.7. The van der Waals surface area contributed by atoms with E-state index in [1.54, 1.807) is 0 Å². The van der Waals surface area contributed by atoms with Gasteiger partial charge in [0.25, 0.3) is 0 Å². The average molecular weight is 317 g/mol. The van der Waals surface area contributed by atoms with Crippen LogP contribution in [0.5, 0.6) is 0 Å². The number of aryl methyl sites for hydroxylation is 1. The standard InChI is InChI=1S/C18H28BNO3/c1-12-9-10-13(11-14(12)20-15(21)16(2,3)4)19-22-17(5,6)18(7,8)23-19/h9-11H,1-8H3,(H,20,21). The Morgan fingerprint density at radius 2 is 1.61 bits per heavy atom. The highest BCUT2D eigenvalue weighted by molar-refractivity contribution is 6.62. The molecular formula is C18H28BNO3. The molecule has 1 aromatic rings. The average Bonchev–Trinajstić information content (AvgIpc) is 2.60. The van der Waals surface area contributed by atoms with E-state index in [2.05, 4.69) is 5.32 Å². The van der Waals surface area contributed by atoms with Crippen LogP contribution in [0.15, 0.2) is 18.2 Å². The van der Waals surface area contributed by atoms with E-state index in [1.807, 2.05) is 73.6 Å². The predicted molar refractivity (Wildman–Crippen MR) is 95.0 cm³/mol. The number of carbonyl (C=O) groups excluding carboxylic acids is 1. The fourth-order valence-corrected chi connectivity index (χ4v) is 2.21. The van der Waals surface area contributed by atoms with Crippen LogP contribution in [0, 0.1) is 12.3 Å². The van der Waals surface area contributed by atoms with Gasteiger partial charge in [0.05, 0.1) is 11.2 Å². The van der Waals surface area contributed by atoms with Crippen LogP contribution in [-0.2, 0) is 14.1 Å². The lowest BCUT2D eigenvalue weighted by Gasteiger charge is -2.32. The van der Waals surface area contributed by atoms with Crippen LogP contribution < -0.4 is 10.8 Å². The van der Waals surface area contributed by atoms with Crippen molar-refractivity contribution in [2.45, 2.75) is 66.6 Å². The molecule has 1 fully saturated rings. The second-order valence-electron chi connectivity index (χ2n) is 8.37. The number of amides is 1. The van der Waals surface area contributed by atoms with Crippen molar-refractivity contribution in [2.24, 2.45) is 5.41 Å². The quantitative estimate of drug-likeness (QED) is 0.852. The van der Waals surface area contributed by atoms with Gasteiger partial charge >= 0.3 is 7.12 Å². The second-order valence-corrected chi connectivity index (χ2v) is 8.37. The lowest BCUT2D eigenvalue weighted by atomic mass is 9.78. The Hall–Kier alpha value is -1.33. The lowest BCUT2D eigenvalue weighted by Crippen LogP contribution is -2.41. The molecule has 0 atom stereocenters. The van der Waals surface area contributed by atoms with Crippen molar-refractivity contribution in [1.29, 1.82) is 0 Å². The van der Waals surface area contributed by atoms with Crippen molar-refractivity contribution < 1.29 is 14.1 Å². The van der Waals surface area contributed by atoms with Gasteiger partial charge in [0.15, 0.2) is 0 Å². The zero-order valence-electron chi connectivity index (χ0n) is 15.5. The molecule has 0 bridgehead atoms. The lowest BCUT2D eigenvalue weighted by molar-refractivity contribution is -0.123. The van der Waals surface area contributed by atoms with Crippen LogP contribution in [0.1, 0.15) is 54.0 Å². The molecule has 4 nitrogen and oxygen atoms in total. The molecule has 1 amide bonds. The van der Waals surface area contributed by atoms with Gasteiger partial charge in [0.2, 0.25) is 5.91 Å². The Labute approximate surface area is 140 Å². The molecule has 0 saturated carbocycles. The first kappa shape index (κ1) is 18.0. The van der Waals surface area contributed by atoms with Gasteiger partial charge in [-0.25, -0.2) is 0 Å². The molecule has 126 valence electrons. The number of nitrogens with one attached hydrogen (secondary N) is 1. The molecule has 0 spiro atoms. The van der Waals surface area contributed by atoms with Crippen molar-refractivity contribution in [2.75, 3.05) is 5.32 Å². The number of hydrogen-bond acceptors (Lipinski definition) is 3. The van der Waals surface area contributed by atoms with E-state index in [-0.39, 0.29) is 17.1 Å². The molecule has 1 aromatic carbocycles. The van der Waals surface area contributed by atoms with Gasteiger partial charge in [0.1, 0.15) is 0 Å². The summed E-state index contributed by atoms with van der Waals surface area (Å²) in [4.78, 5) is 12.3. The smallest absolute Gasteiger partial charge is 0.399 e. The Bertz CT molecular complexity index is 601. The molecule has 1 heterocycles. The highest BCUT2D eigenvalue weighted by Gasteiger charge is 2.51. The first-order valence-electron chi connectivity index (χ1n) is 8.11. The summed E-state index contributed by atoms with van der Waals surface area (Å²) in [7, 11) is -0.425. The molecule has 0 unspecified atom stereocenters. The zero-order chi connectivity index (χ0) is 17.6. The topological polar surface area (TPSA) is 47.6 Å². The van der Waals surface area contributed by atoms with E-state index in [4.69, 9.17) is 9.31 Å². The van der Waals surface area contributed by atoms with Gasteiger partial charge in [-0.2, -0.15) is 0 Å². The Morgan fingerprint density at radius 3 is 2.09 bits per heavy atom. The molecule has 23 heavy (non-hydrogen) atoms. The highest BCUT2D eigenvalue weighted by Crippen LogP contribution is 2.36. The third kappa shape index (κ3) is 3.61. The molecule has 5 heteroatoms. The summed E-state index contributed by atoms with van der Waals surface area (Å²) < 4.78 is 12.2. The summed E-state index contributed by atoms with van der Waals surface area (Å²) in [5, 5.41) is 3.01. The normalized spacial score (nSPS) is 19.7. The van der Waals surface area contributed by atoms with Crippen molar-refractivity contribution in [3.63, 3.8) is 0 Å². The minimum Gasteiger partial charge on any atom is -0.399 e. The molecule has 0 radical (unpaired) electrons. The zero-order valence-corrected chi connectivity index (χ0v) is 15.5. The molecule has 0 aromatic heterocycles. The molecule has 2 rings (SSSR count). The summed E-state index contributed by atoms with van der Waals surface area (Å²) in [6.07, 6.45) is 0. The van der Waals surface area contributed by atoms with Gasteiger partial charge in [-0.05, 0) is 51.7 Å². The van der Waals surface area contributed by atoms with Crippen LogP contribution in [0.2, 0.25) is 0 Å². The molecule has 1 aliphatic rings. The fraction of sp³-hybridized carbons (Fsp3) is 0.611. The van der Waals surface area contributed by atoms with Gasteiger partial charge in [0, 0.05) is 11.1 Å². The minimum absolute atomic E-state index is 0.00771. The number of benzene rings is 1. The van der Waals surface area contributed by atoms with Crippen LogP contribution in [0.4, 0.5) is 5.69 Å². The van der Waals surface area contributed by atoms with Gasteiger partial charge in [-0.3, -0.25) is 4.79 Å². The maximum absolute atomic E-state index is 12.3. The summed E-state index contributed by atoms with van der Waals surface area (Å²) >= 11 is 0. The largest absolute Gasteiger partial charge is 0.494 e. The third-order valence-electron chi connectivity index (χ3n) is 4.72. The third-order valence-corrected chi connectivity index (χ3v) is 4.72. The Morgan fingerprint density at radius 1 is 1.09 bits per heavy atom. The molecule has 0 aliphatic carbocycles. The van der Waals surface area contributed by atoms with Crippen molar-refractivity contribution in [3.8, 4) is 0 Å². The summed E-state index contributed by atoms with van der Waals surface area (Å²) in [5.74, 6) is -0.00771. The fourth-order valence-electron chi connectivity index (χ4n) is 2.21. The van der Waals surface area contributed by atoms with Crippen LogP contribution in [0.3, 0.4) is 0 Å². The maximum Gasteiger partial charge on any atom is 0.494 e. The van der Waals surface area contributed by atoms with E-state index in [1.165, 1.54) is 0 Å². The van der Waals surface area contributed by atoms with Crippen LogP contribution in [0.25, 0.3) is 0 Å². The predicted octanol–water partition coefficient (Wildman–Crippen LogP) is 3.28. The van der Waals surface area contributed by atoms with Gasteiger partial charge < -0.3 is 14.6 Å². The maximum atomic E-state index is 12.3. The number of hydrogen-bond donors (Lipinski definition) is 1. The molecule has 1 aliphatic heterocycles. The van der Waals surface area contributed by atoms with E-state index in [0.29, 0.717) is 0 Å². The molecule has 1 saturated heterocycles. The minimum atomic E-state index is -0.438. The number of carbonyl (C=O) groups is 1. The van der Waals surface area contributed by atoms with Gasteiger partial charge in [-0.15, -0.1) is 0 Å². The molecule has 1 N–H and O–H groups in total. The van der Waals surface area contributed by atoms with E-state index in [9.17, 15) is 4.79 Å². The summed E-state index contributed by atoms with van der Waals surface area (Å²) in [5.41, 5.74) is 1.54. The summed E-state index contributed by atoms with van der Waals surface area (Å²) in [6, 6.07) is 5.92. The van der Waals surface area contributed by atoms with E-state index >= 15 is 0 Å². The van der Waals surface area contributed by atoms with Gasteiger partial charge in [-0.1, -0.05) is 32.9 Å². The first-order valence-corrected chi connectivity index (χ1v) is 8.11. The monoisotopic (exact) mass is 317 g/mol. The van der Waals surface area contributed by atoms with Crippen LogP contribution >= 0.6 is 0 Å². The number of rotatable bonds is 2. The number of anilines is 1. The van der Waals surface area contributed by atoms with Crippen LogP contribution in [-0.4, -0.2) is 24.2 Å². The van der Waals surface area contributed by atoms with Crippen molar-refractivity contribution >= 4 is 24.2 Å². The van der Waals surface area contributed by atoms with E-state index in [0.717, 1.165) is 16.7 Å². The SMILES string of the molecule is Cc1ccc(B2OC(C)(C)C(C)(C)O2)cc1NC(=O)C(C)(C)C.